The minimum absolute atomic E-state index is 0.0777. The number of aromatic nitrogens is 1. The number of carbonyl (C=O) groups excluding carboxylic acids is 1. The molecule has 1 saturated heterocycles. The number of amides is 1. The fourth-order valence-electron chi connectivity index (χ4n) is 3.34. The van der Waals surface area contributed by atoms with Crippen LogP contribution >= 0.6 is 11.3 Å². The van der Waals surface area contributed by atoms with E-state index < -0.39 is 18.0 Å². The highest BCUT2D eigenvalue weighted by atomic mass is 32.1. The van der Waals surface area contributed by atoms with E-state index in [1.165, 1.54) is 17.4 Å². The van der Waals surface area contributed by atoms with E-state index in [1.54, 1.807) is 12.1 Å². The Hall–Kier alpha value is -2.86. The maximum atomic E-state index is 14.8. The average molecular weight is 425 g/mol. The summed E-state index contributed by atoms with van der Waals surface area (Å²) in [5.41, 5.74) is 1.93. The zero-order valence-electron chi connectivity index (χ0n) is 16.2. The molecule has 0 unspecified atom stereocenters. The summed E-state index contributed by atoms with van der Waals surface area (Å²) < 4.78 is 21.3. The van der Waals surface area contributed by atoms with Gasteiger partial charge in [0, 0.05) is 25.1 Å². The molecule has 4 rings (SSSR count). The summed E-state index contributed by atoms with van der Waals surface area (Å²) in [4.78, 5) is 16.9. The summed E-state index contributed by atoms with van der Waals surface area (Å²) in [7, 11) is 0. The van der Waals surface area contributed by atoms with Gasteiger partial charge in [0.05, 0.1) is 16.3 Å². The van der Waals surface area contributed by atoms with Crippen LogP contribution in [0.4, 0.5) is 4.39 Å². The van der Waals surface area contributed by atoms with E-state index in [0.717, 1.165) is 28.2 Å². The smallest absolute Gasteiger partial charge is 0.251 e. The van der Waals surface area contributed by atoms with Crippen LogP contribution in [0.15, 0.2) is 42.5 Å². The van der Waals surface area contributed by atoms with E-state index in [1.807, 2.05) is 30.3 Å². The molecular formula is C22H21FN4O2S. The molecule has 3 aromatic rings. The maximum absolute atomic E-state index is 14.8. The van der Waals surface area contributed by atoms with Crippen molar-refractivity contribution in [1.29, 1.82) is 5.26 Å². The molecule has 0 bridgehead atoms. The summed E-state index contributed by atoms with van der Waals surface area (Å²) >= 11 is 1.50. The molecule has 1 aliphatic heterocycles. The molecule has 0 aliphatic carbocycles. The highest BCUT2D eigenvalue weighted by Gasteiger charge is 2.24. The number of hydrogen-bond donors (Lipinski definition) is 2. The van der Waals surface area contributed by atoms with E-state index in [0.29, 0.717) is 24.3 Å². The largest absolute Gasteiger partial charge is 0.367 e. The molecule has 0 spiro atoms. The van der Waals surface area contributed by atoms with Crippen LogP contribution in [0.1, 0.15) is 12.0 Å². The molecular weight excluding hydrogens is 403 g/mol. The van der Waals surface area contributed by atoms with Gasteiger partial charge in [-0.15, -0.1) is 11.3 Å². The Morgan fingerprint density at radius 1 is 1.40 bits per heavy atom. The van der Waals surface area contributed by atoms with Gasteiger partial charge in [0.2, 0.25) is 0 Å². The first kappa shape index (κ1) is 20.4. The van der Waals surface area contributed by atoms with Crippen LogP contribution in [0.5, 0.6) is 0 Å². The van der Waals surface area contributed by atoms with E-state index >= 15 is 0 Å². The Bertz CT molecular complexity index is 1050. The SMILES string of the molecule is N#C[C@H](Cc1ccc(-c2nc3ccccc3s2)cc1F)NC(=O)[C@@H]1CNCCCO1. The molecule has 154 valence electrons. The number of nitrogens with zero attached hydrogens (tertiary/aromatic N) is 2. The summed E-state index contributed by atoms with van der Waals surface area (Å²) in [5.74, 6) is -0.781. The predicted octanol–water partition coefficient (Wildman–Crippen LogP) is 3.03. The van der Waals surface area contributed by atoms with Crippen molar-refractivity contribution in [2.75, 3.05) is 19.7 Å². The minimum atomic E-state index is -0.841. The number of fused-ring (bicyclic) bond motifs is 1. The first-order valence-electron chi connectivity index (χ1n) is 9.81. The monoisotopic (exact) mass is 424 g/mol. The molecule has 0 radical (unpaired) electrons. The third-order valence-corrected chi connectivity index (χ3v) is 6.01. The number of nitrogens with one attached hydrogen (secondary N) is 2. The number of benzene rings is 2. The Morgan fingerprint density at radius 3 is 3.07 bits per heavy atom. The number of thiazole rings is 1. The number of nitriles is 1. The lowest BCUT2D eigenvalue weighted by Gasteiger charge is -2.18. The van der Waals surface area contributed by atoms with Crippen molar-refractivity contribution in [3.05, 3.63) is 53.8 Å². The molecule has 1 fully saturated rings. The normalized spacial score (nSPS) is 17.8. The van der Waals surface area contributed by atoms with Gasteiger partial charge in [0.25, 0.3) is 5.91 Å². The van der Waals surface area contributed by atoms with Gasteiger partial charge >= 0.3 is 0 Å². The van der Waals surface area contributed by atoms with Gasteiger partial charge in [0.1, 0.15) is 23.0 Å². The van der Waals surface area contributed by atoms with Crippen molar-refractivity contribution in [2.24, 2.45) is 0 Å². The Kier molecular flexibility index (Phi) is 6.33. The van der Waals surface area contributed by atoms with Crippen molar-refractivity contribution in [2.45, 2.75) is 25.0 Å². The second kappa shape index (κ2) is 9.30. The quantitative estimate of drug-likeness (QED) is 0.658. The van der Waals surface area contributed by atoms with Crippen molar-refractivity contribution >= 4 is 27.5 Å². The van der Waals surface area contributed by atoms with Gasteiger partial charge < -0.3 is 15.4 Å². The lowest BCUT2D eigenvalue weighted by Crippen LogP contribution is -2.46. The zero-order chi connectivity index (χ0) is 20.9. The molecule has 0 saturated carbocycles. The van der Waals surface area contributed by atoms with Gasteiger partial charge in [0.15, 0.2) is 0 Å². The summed E-state index contributed by atoms with van der Waals surface area (Å²) in [6.07, 6.45) is 0.265. The number of halogens is 1. The van der Waals surface area contributed by atoms with Gasteiger partial charge in [-0.1, -0.05) is 24.3 Å². The first-order chi connectivity index (χ1) is 14.6. The van der Waals surface area contributed by atoms with Crippen LogP contribution in [0.2, 0.25) is 0 Å². The summed E-state index contributed by atoms with van der Waals surface area (Å²) in [5, 5.41) is 16.0. The third-order valence-electron chi connectivity index (χ3n) is 4.93. The molecule has 1 amide bonds. The van der Waals surface area contributed by atoms with E-state index in [4.69, 9.17) is 4.74 Å². The number of ether oxygens (including phenoxy) is 1. The number of hydrogen-bond acceptors (Lipinski definition) is 6. The number of rotatable bonds is 5. The van der Waals surface area contributed by atoms with Crippen molar-refractivity contribution < 1.29 is 13.9 Å². The van der Waals surface area contributed by atoms with E-state index in [-0.39, 0.29) is 12.3 Å². The molecule has 1 aromatic heterocycles. The van der Waals surface area contributed by atoms with Gasteiger partial charge in [-0.25, -0.2) is 9.37 Å². The highest BCUT2D eigenvalue weighted by Crippen LogP contribution is 2.31. The van der Waals surface area contributed by atoms with Gasteiger partial charge in [-0.05, 0) is 36.7 Å². The van der Waals surface area contributed by atoms with Crippen LogP contribution in [0.3, 0.4) is 0 Å². The lowest BCUT2D eigenvalue weighted by atomic mass is 10.0. The number of para-hydroxylation sites is 1. The maximum Gasteiger partial charge on any atom is 0.251 e. The Balaban J connectivity index is 1.45. The van der Waals surface area contributed by atoms with E-state index in [9.17, 15) is 14.4 Å². The Morgan fingerprint density at radius 2 is 2.27 bits per heavy atom. The van der Waals surface area contributed by atoms with Crippen molar-refractivity contribution in [3.8, 4) is 16.6 Å². The lowest BCUT2D eigenvalue weighted by molar-refractivity contribution is -0.132. The topological polar surface area (TPSA) is 87.0 Å². The molecule has 6 nitrogen and oxygen atoms in total. The summed E-state index contributed by atoms with van der Waals surface area (Å²) in [6.45, 7) is 1.68. The fourth-order valence-corrected chi connectivity index (χ4v) is 4.30. The molecule has 2 N–H and O–H groups in total. The van der Waals surface area contributed by atoms with Crippen LogP contribution in [0.25, 0.3) is 20.8 Å². The van der Waals surface area contributed by atoms with Gasteiger partial charge in [-0.2, -0.15) is 5.26 Å². The van der Waals surface area contributed by atoms with Crippen LogP contribution in [-0.4, -0.2) is 42.7 Å². The first-order valence-corrected chi connectivity index (χ1v) is 10.6. The zero-order valence-corrected chi connectivity index (χ0v) is 17.0. The van der Waals surface area contributed by atoms with Crippen LogP contribution in [-0.2, 0) is 16.0 Å². The predicted molar refractivity (Wildman–Crippen MR) is 113 cm³/mol. The van der Waals surface area contributed by atoms with Gasteiger partial charge in [-0.3, -0.25) is 4.79 Å². The molecule has 2 aromatic carbocycles. The molecule has 30 heavy (non-hydrogen) atoms. The van der Waals surface area contributed by atoms with Crippen molar-refractivity contribution in [3.63, 3.8) is 0 Å². The third kappa shape index (κ3) is 4.65. The average Bonchev–Trinajstić information content (AvgIpc) is 3.00. The van der Waals surface area contributed by atoms with E-state index in [2.05, 4.69) is 15.6 Å². The molecule has 2 heterocycles. The second-order valence-corrected chi connectivity index (χ2v) is 8.14. The highest BCUT2D eigenvalue weighted by molar-refractivity contribution is 7.21. The molecule has 8 heteroatoms. The van der Waals surface area contributed by atoms with Crippen LogP contribution < -0.4 is 10.6 Å². The molecule has 2 atom stereocenters. The minimum Gasteiger partial charge on any atom is -0.367 e. The fraction of sp³-hybridized carbons (Fsp3) is 0.318. The number of carbonyl (C=O) groups is 1. The standard InChI is InChI=1S/C22H21FN4O2S/c23-17-11-15(22-27-18-4-1-2-5-20(18)30-22)7-6-14(17)10-16(12-24)26-21(28)19-13-25-8-3-9-29-19/h1-2,4-7,11,16,19,25H,3,8-10,13H2,(H,26,28)/t16-,19-/m0/s1. The summed E-state index contributed by atoms with van der Waals surface area (Å²) in [6, 6.07) is 13.8. The van der Waals surface area contributed by atoms with Crippen molar-refractivity contribution in [1.82, 2.24) is 15.6 Å². The van der Waals surface area contributed by atoms with Crippen LogP contribution in [0, 0.1) is 17.1 Å². The molecule has 1 aliphatic rings. The second-order valence-electron chi connectivity index (χ2n) is 7.10. The Labute approximate surface area is 177 Å².